The molecule has 1 aromatic carbocycles. The Morgan fingerprint density at radius 1 is 1.21 bits per heavy atom. The van der Waals surface area contributed by atoms with Crippen LogP contribution in [-0.4, -0.2) is 31.7 Å². The predicted molar refractivity (Wildman–Crippen MR) is 72.1 cm³/mol. The molecule has 19 heavy (non-hydrogen) atoms. The van der Waals surface area contributed by atoms with E-state index in [-0.39, 0.29) is 5.78 Å². The van der Waals surface area contributed by atoms with E-state index >= 15 is 0 Å². The first-order valence-electron chi connectivity index (χ1n) is 6.66. The second-order valence-corrected chi connectivity index (χ2v) is 4.59. The van der Waals surface area contributed by atoms with Crippen molar-refractivity contribution in [2.75, 3.05) is 20.3 Å². The van der Waals surface area contributed by atoms with Gasteiger partial charge in [-0.3, -0.25) is 4.79 Å². The summed E-state index contributed by atoms with van der Waals surface area (Å²) in [4.78, 5) is 12.6. The van der Waals surface area contributed by atoms with Gasteiger partial charge >= 0.3 is 0 Å². The lowest BCUT2D eigenvalue weighted by atomic mass is 9.87. The van der Waals surface area contributed by atoms with E-state index in [9.17, 15) is 4.79 Å². The Bertz CT molecular complexity index is 455. The van der Waals surface area contributed by atoms with Crippen molar-refractivity contribution in [3.05, 3.63) is 23.8 Å². The van der Waals surface area contributed by atoms with Crippen LogP contribution in [0.5, 0.6) is 11.5 Å². The maximum atomic E-state index is 12.6. The molecule has 0 unspecified atom stereocenters. The van der Waals surface area contributed by atoms with E-state index in [2.05, 4.69) is 0 Å². The monoisotopic (exact) mass is 264 g/mol. The van der Waals surface area contributed by atoms with Gasteiger partial charge in [0.1, 0.15) is 18.8 Å². The maximum absolute atomic E-state index is 12.6. The SMILES string of the molecule is CCC(CC)(OC)C(=O)c1ccc2c(c1)OCCO2. The Balaban J connectivity index is 2.33. The highest BCUT2D eigenvalue weighted by atomic mass is 16.6. The van der Waals surface area contributed by atoms with E-state index in [0.29, 0.717) is 43.1 Å². The van der Waals surface area contributed by atoms with E-state index in [1.165, 1.54) is 0 Å². The van der Waals surface area contributed by atoms with Gasteiger partial charge in [-0.2, -0.15) is 0 Å². The maximum Gasteiger partial charge on any atom is 0.194 e. The van der Waals surface area contributed by atoms with Crippen LogP contribution in [0.15, 0.2) is 18.2 Å². The molecule has 0 aliphatic carbocycles. The number of carbonyl (C=O) groups is 1. The Hall–Kier alpha value is -1.55. The van der Waals surface area contributed by atoms with Crippen molar-refractivity contribution in [1.29, 1.82) is 0 Å². The summed E-state index contributed by atoms with van der Waals surface area (Å²) in [6, 6.07) is 5.30. The molecule has 0 atom stereocenters. The number of rotatable bonds is 5. The number of hydrogen-bond donors (Lipinski definition) is 0. The normalized spacial score (nSPS) is 14.3. The number of benzene rings is 1. The minimum absolute atomic E-state index is 0.00280. The molecule has 0 saturated heterocycles. The number of carbonyl (C=O) groups excluding carboxylic acids is 1. The lowest BCUT2D eigenvalue weighted by Gasteiger charge is -2.29. The highest BCUT2D eigenvalue weighted by Crippen LogP contribution is 2.33. The summed E-state index contributed by atoms with van der Waals surface area (Å²) in [5.41, 5.74) is -0.140. The third-order valence-corrected chi connectivity index (χ3v) is 3.75. The summed E-state index contributed by atoms with van der Waals surface area (Å²) >= 11 is 0. The van der Waals surface area contributed by atoms with Gasteiger partial charge in [0.25, 0.3) is 0 Å². The van der Waals surface area contributed by atoms with Crippen LogP contribution in [0.25, 0.3) is 0 Å². The lowest BCUT2D eigenvalue weighted by Crippen LogP contribution is -2.39. The van der Waals surface area contributed by atoms with E-state index in [1.54, 1.807) is 25.3 Å². The first kappa shape index (κ1) is 13.9. The van der Waals surface area contributed by atoms with Gasteiger partial charge in [0, 0.05) is 12.7 Å². The van der Waals surface area contributed by atoms with Crippen LogP contribution in [-0.2, 0) is 4.74 Å². The zero-order chi connectivity index (χ0) is 13.9. The van der Waals surface area contributed by atoms with Gasteiger partial charge in [0.05, 0.1) is 0 Å². The van der Waals surface area contributed by atoms with Crippen molar-refractivity contribution >= 4 is 5.78 Å². The van der Waals surface area contributed by atoms with Crippen LogP contribution in [0.2, 0.25) is 0 Å². The minimum atomic E-state index is -0.746. The summed E-state index contributed by atoms with van der Waals surface area (Å²) in [6.07, 6.45) is 1.29. The molecule has 1 aliphatic rings. The number of ether oxygens (including phenoxy) is 3. The largest absolute Gasteiger partial charge is 0.486 e. The van der Waals surface area contributed by atoms with E-state index in [0.717, 1.165) is 0 Å². The molecule has 0 aromatic heterocycles. The average Bonchev–Trinajstić information content (AvgIpc) is 2.49. The van der Waals surface area contributed by atoms with Crippen molar-refractivity contribution in [2.45, 2.75) is 32.3 Å². The third-order valence-electron chi connectivity index (χ3n) is 3.75. The summed E-state index contributed by atoms with van der Waals surface area (Å²) in [6.45, 7) is 4.99. The standard InChI is InChI=1S/C15H20O4/c1-4-15(5-2,17-3)14(16)11-6-7-12-13(10-11)19-9-8-18-12/h6-7,10H,4-5,8-9H2,1-3H3. The summed E-state index contributed by atoms with van der Waals surface area (Å²) < 4.78 is 16.4. The van der Waals surface area contributed by atoms with Gasteiger partial charge in [-0.25, -0.2) is 0 Å². The van der Waals surface area contributed by atoms with Gasteiger partial charge < -0.3 is 14.2 Å². The van der Waals surface area contributed by atoms with Crippen LogP contribution >= 0.6 is 0 Å². The number of ketones is 1. The number of hydrogen-bond acceptors (Lipinski definition) is 4. The fourth-order valence-electron chi connectivity index (χ4n) is 2.40. The molecule has 0 spiro atoms. The molecular weight excluding hydrogens is 244 g/mol. The van der Waals surface area contributed by atoms with Crippen molar-refractivity contribution in [1.82, 2.24) is 0 Å². The zero-order valence-corrected chi connectivity index (χ0v) is 11.7. The Labute approximate surface area is 113 Å². The van der Waals surface area contributed by atoms with Crippen LogP contribution in [0, 0.1) is 0 Å². The van der Waals surface area contributed by atoms with Crippen LogP contribution < -0.4 is 9.47 Å². The first-order chi connectivity index (χ1) is 9.16. The number of methoxy groups -OCH3 is 1. The van der Waals surface area contributed by atoms with Gasteiger partial charge in [0.2, 0.25) is 0 Å². The van der Waals surface area contributed by atoms with Crippen molar-refractivity contribution in [3.8, 4) is 11.5 Å². The van der Waals surface area contributed by atoms with Gasteiger partial charge in [-0.15, -0.1) is 0 Å². The molecule has 0 bridgehead atoms. The first-order valence-corrected chi connectivity index (χ1v) is 6.66. The summed E-state index contributed by atoms with van der Waals surface area (Å²) in [5.74, 6) is 1.32. The predicted octanol–water partition coefficient (Wildman–Crippen LogP) is 2.85. The van der Waals surface area contributed by atoms with Gasteiger partial charge in [-0.1, -0.05) is 13.8 Å². The minimum Gasteiger partial charge on any atom is -0.486 e. The zero-order valence-electron chi connectivity index (χ0n) is 11.7. The molecule has 104 valence electrons. The second kappa shape index (κ2) is 5.61. The summed E-state index contributed by atoms with van der Waals surface area (Å²) in [5, 5.41) is 0. The lowest BCUT2D eigenvalue weighted by molar-refractivity contribution is -0.00265. The molecule has 4 nitrogen and oxygen atoms in total. The molecule has 0 N–H and O–H groups in total. The van der Waals surface area contributed by atoms with Crippen LogP contribution in [0.1, 0.15) is 37.0 Å². The molecule has 0 amide bonds. The van der Waals surface area contributed by atoms with Gasteiger partial charge in [0.15, 0.2) is 17.3 Å². The molecule has 0 saturated carbocycles. The van der Waals surface area contributed by atoms with Crippen molar-refractivity contribution < 1.29 is 19.0 Å². The van der Waals surface area contributed by atoms with E-state index < -0.39 is 5.60 Å². The Morgan fingerprint density at radius 2 is 1.84 bits per heavy atom. The van der Waals surface area contributed by atoms with E-state index in [1.807, 2.05) is 13.8 Å². The number of fused-ring (bicyclic) bond motifs is 1. The fourth-order valence-corrected chi connectivity index (χ4v) is 2.40. The fraction of sp³-hybridized carbons (Fsp3) is 0.533. The number of Topliss-reactive ketones (excluding diaryl/α,β-unsaturated/α-hetero) is 1. The summed E-state index contributed by atoms with van der Waals surface area (Å²) in [7, 11) is 1.59. The highest BCUT2D eigenvalue weighted by Gasteiger charge is 2.35. The highest BCUT2D eigenvalue weighted by molar-refractivity contribution is 6.03. The molecule has 1 aliphatic heterocycles. The molecule has 1 aromatic rings. The molecule has 0 radical (unpaired) electrons. The Morgan fingerprint density at radius 3 is 2.42 bits per heavy atom. The Kier molecular flexibility index (Phi) is 4.10. The molecular formula is C15H20O4. The molecule has 0 fully saturated rings. The smallest absolute Gasteiger partial charge is 0.194 e. The average molecular weight is 264 g/mol. The third kappa shape index (κ3) is 2.45. The molecule has 4 heteroatoms. The van der Waals surface area contributed by atoms with Gasteiger partial charge in [-0.05, 0) is 31.0 Å². The molecule has 1 heterocycles. The van der Waals surface area contributed by atoms with Crippen molar-refractivity contribution in [2.24, 2.45) is 0 Å². The molecule has 2 rings (SSSR count). The van der Waals surface area contributed by atoms with Crippen LogP contribution in [0.4, 0.5) is 0 Å². The van der Waals surface area contributed by atoms with E-state index in [4.69, 9.17) is 14.2 Å². The quantitative estimate of drug-likeness (QED) is 0.767. The topological polar surface area (TPSA) is 44.8 Å². The van der Waals surface area contributed by atoms with Crippen LogP contribution in [0.3, 0.4) is 0 Å². The second-order valence-electron chi connectivity index (χ2n) is 4.59. The van der Waals surface area contributed by atoms with Crippen molar-refractivity contribution in [3.63, 3.8) is 0 Å².